The average Bonchev–Trinajstić information content (AvgIpc) is 2.61. The zero-order valence-corrected chi connectivity index (χ0v) is 10.6. The highest BCUT2D eigenvalue weighted by Gasteiger charge is 2.47. The van der Waals surface area contributed by atoms with Crippen LogP contribution in [0.3, 0.4) is 0 Å². The molecule has 2 amide bonds. The van der Waals surface area contributed by atoms with Crippen molar-refractivity contribution in [1.82, 2.24) is 0 Å². The van der Waals surface area contributed by atoms with Crippen LogP contribution in [0.4, 0.5) is 5.69 Å². The van der Waals surface area contributed by atoms with Gasteiger partial charge in [-0.1, -0.05) is 19.8 Å². The first-order chi connectivity index (χ1) is 8.51. The van der Waals surface area contributed by atoms with Crippen LogP contribution in [-0.2, 0) is 9.59 Å². The third-order valence-electron chi connectivity index (χ3n) is 3.58. The maximum atomic E-state index is 12.3. The van der Waals surface area contributed by atoms with Crippen molar-refractivity contribution in [2.45, 2.75) is 26.7 Å². The number of rotatable bonds is 2. The highest BCUT2D eigenvalue weighted by atomic mass is 16.2. The van der Waals surface area contributed by atoms with Crippen LogP contribution < -0.4 is 4.90 Å². The van der Waals surface area contributed by atoms with Crippen LogP contribution in [-0.4, -0.2) is 11.8 Å². The summed E-state index contributed by atoms with van der Waals surface area (Å²) in [7, 11) is 0. The smallest absolute Gasteiger partial charge is 0.240 e. The zero-order valence-electron chi connectivity index (χ0n) is 10.6. The molecule has 1 aliphatic rings. The number of anilines is 1. The van der Waals surface area contributed by atoms with Gasteiger partial charge >= 0.3 is 0 Å². The van der Waals surface area contributed by atoms with Crippen LogP contribution in [0.25, 0.3) is 0 Å². The number of amides is 2. The first-order valence-corrected chi connectivity index (χ1v) is 5.96. The van der Waals surface area contributed by atoms with Crippen LogP contribution >= 0.6 is 0 Å². The van der Waals surface area contributed by atoms with Crippen molar-refractivity contribution in [2.75, 3.05) is 4.90 Å². The van der Waals surface area contributed by atoms with Gasteiger partial charge in [-0.3, -0.25) is 14.5 Å². The minimum atomic E-state index is -0.568. The lowest BCUT2D eigenvalue weighted by molar-refractivity contribution is -0.125. The van der Waals surface area contributed by atoms with E-state index in [4.69, 9.17) is 6.42 Å². The third-order valence-corrected chi connectivity index (χ3v) is 3.58. The lowest BCUT2D eigenvalue weighted by Crippen LogP contribution is -2.33. The van der Waals surface area contributed by atoms with Crippen molar-refractivity contribution in [2.24, 2.45) is 5.41 Å². The maximum Gasteiger partial charge on any atom is 0.240 e. The highest BCUT2D eigenvalue weighted by Crippen LogP contribution is 2.37. The average molecular weight is 241 g/mol. The van der Waals surface area contributed by atoms with E-state index in [1.165, 1.54) is 4.90 Å². The second-order valence-corrected chi connectivity index (χ2v) is 4.82. The molecule has 1 atom stereocenters. The lowest BCUT2D eigenvalue weighted by atomic mass is 9.86. The number of nitrogens with zero attached hydrogens (tertiary/aromatic N) is 1. The molecule has 1 aromatic carbocycles. The summed E-state index contributed by atoms with van der Waals surface area (Å²) in [4.78, 5) is 25.5. The van der Waals surface area contributed by atoms with E-state index in [0.29, 0.717) is 12.1 Å². The van der Waals surface area contributed by atoms with Gasteiger partial charge in [0.25, 0.3) is 0 Å². The summed E-state index contributed by atoms with van der Waals surface area (Å²) in [5.41, 5.74) is 0.763. The molecule has 0 radical (unpaired) electrons. The molecule has 0 saturated carbocycles. The normalized spacial score (nSPS) is 23.3. The van der Waals surface area contributed by atoms with E-state index in [1.807, 2.05) is 13.8 Å². The molecule has 1 saturated heterocycles. The molecule has 92 valence electrons. The van der Waals surface area contributed by atoms with E-state index in [9.17, 15) is 9.59 Å². The molecule has 0 aromatic heterocycles. The first kappa shape index (κ1) is 12.4. The molecule has 1 aliphatic heterocycles. The Morgan fingerprint density at radius 1 is 1.33 bits per heavy atom. The molecule has 18 heavy (non-hydrogen) atoms. The standard InChI is InChI=1S/C15H15NO2/c1-4-11-6-8-12(9-7-11)16-13(17)10-15(3,5-2)14(16)18/h1,6-9H,5,10H2,2-3H3. The van der Waals surface area contributed by atoms with Crippen molar-refractivity contribution < 1.29 is 9.59 Å². The summed E-state index contributed by atoms with van der Waals surface area (Å²) in [5.74, 6) is 2.24. The fraction of sp³-hybridized carbons (Fsp3) is 0.333. The number of hydrogen-bond donors (Lipinski definition) is 0. The van der Waals surface area contributed by atoms with Gasteiger partial charge in [0.1, 0.15) is 0 Å². The predicted octanol–water partition coefficient (Wildman–Crippen LogP) is 2.35. The number of imide groups is 1. The zero-order chi connectivity index (χ0) is 13.3. The highest BCUT2D eigenvalue weighted by molar-refractivity contribution is 6.22. The van der Waals surface area contributed by atoms with Gasteiger partial charge in [-0.2, -0.15) is 0 Å². The number of terminal acetylenes is 1. The Morgan fingerprint density at radius 2 is 1.94 bits per heavy atom. The molecule has 1 aromatic rings. The van der Waals surface area contributed by atoms with Gasteiger partial charge < -0.3 is 0 Å². The van der Waals surface area contributed by atoms with E-state index in [-0.39, 0.29) is 18.2 Å². The molecule has 3 heteroatoms. The predicted molar refractivity (Wildman–Crippen MR) is 69.9 cm³/mol. The maximum absolute atomic E-state index is 12.3. The quantitative estimate of drug-likeness (QED) is 0.588. The van der Waals surface area contributed by atoms with Crippen molar-refractivity contribution in [3.8, 4) is 12.3 Å². The van der Waals surface area contributed by atoms with Crippen LogP contribution in [0.1, 0.15) is 32.3 Å². The third kappa shape index (κ3) is 1.80. The van der Waals surface area contributed by atoms with Crippen molar-refractivity contribution in [1.29, 1.82) is 0 Å². The van der Waals surface area contributed by atoms with E-state index in [0.717, 1.165) is 5.56 Å². The van der Waals surface area contributed by atoms with Crippen LogP contribution in [0.15, 0.2) is 24.3 Å². The Kier molecular flexibility index (Phi) is 2.96. The lowest BCUT2D eigenvalue weighted by Gasteiger charge is -2.20. The Morgan fingerprint density at radius 3 is 2.39 bits per heavy atom. The van der Waals surface area contributed by atoms with Gasteiger partial charge in [0.15, 0.2) is 0 Å². The Hall–Kier alpha value is -2.08. The monoisotopic (exact) mass is 241 g/mol. The first-order valence-electron chi connectivity index (χ1n) is 5.96. The van der Waals surface area contributed by atoms with Crippen molar-refractivity contribution in [3.63, 3.8) is 0 Å². The molecule has 0 aliphatic carbocycles. The number of hydrogen-bond acceptors (Lipinski definition) is 2. The van der Waals surface area contributed by atoms with Crippen molar-refractivity contribution >= 4 is 17.5 Å². The van der Waals surface area contributed by atoms with E-state index >= 15 is 0 Å². The van der Waals surface area contributed by atoms with Crippen LogP contribution in [0.5, 0.6) is 0 Å². The SMILES string of the molecule is C#Cc1ccc(N2C(=O)CC(C)(CC)C2=O)cc1. The Bertz CT molecular complexity index is 539. The van der Waals surface area contributed by atoms with Gasteiger partial charge in [-0.15, -0.1) is 6.42 Å². The fourth-order valence-corrected chi connectivity index (χ4v) is 2.12. The molecule has 0 N–H and O–H groups in total. The largest absolute Gasteiger partial charge is 0.274 e. The molecule has 2 rings (SSSR count). The molecule has 1 heterocycles. The van der Waals surface area contributed by atoms with Gasteiger partial charge in [-0.25, -0.2) is 0 Å². The molecule has 3 nitrogen and oxygen atoms in total. The molecule has 0 bridgehead atoms. The van der Waals surface area contributed by atoms with Crippen molar-refractivity contribution in [3.05, 3.63) is 29.8 Å². The second-order valence-electron chi connectivity index (χ2n) is 4.82. The minimum absolute atomic E-state index is 0.122. The topological polar surface area (TPSA) is 37.4 Å². The van der Waals surface area contributed by atoms with E-state index in [1.54, 1.807) is 24.3 Å². The minimum Gasteiger partial charge on any atom is -0.274 e. The summed E-state index contributed by atoms with van der Waals surface area (Å²) >= 11 is 0. The molecule has 1 fully saturated rings. The van der Waals surface area contributed by atoms with Gasteiger partial charge in [-0.05, 0) is 30.7 Å². The number of carbonyl (C=O) groups is 2. The molecular weight excluding hydrogens is 226 g/mol. The van der Waals surface area contributed by atoms with Gasteiger partial charge in [0.2, 0.25) is 11.8 Å². The number of benzene rings is 1. The second kappa shape index (κ2) is 4.30. The Balaban J connectivity index is 2.36. The summed E-state index contributed by atoms with van der Waals surface area (Å²) in [5, 5.41) is 0. The molecular formula is C15H15NO2. The van der Waals surface area contributed by atoms with E-state index < -0.39 is 5.41 Å². The summed E-state index contributed by atoms with van der Waals surface area (Å²) < 4.78 is 0. The van der Waals surface area contributed by atoms with Gasteiger partial charge in [0.05, 0.1) is 11.1 Å². The van der Waals surface area contributed by atoms with Gasteiger partial charge in [0, 0.05) is 12.0 Å². The summed E-state index contributed by atoms with van der Waals surface area (Å²) in [6.07, 6.45) is 6.22. The van der Waals surface area contributed by atoms with Crippen LogP contribution in [0, 0.1) is 17.8 Å². The molecule has 1 unspecified atom stereocenters. The van der Waals surface area contributed by atoms with Crippen LogP contribution in [0.2, 0.25) is 0 Å². The van der Waals surface area contributed by atoms with E-state index in [2.05, 4.69) is 5.92 Å². The Labute approximate surface area is 107 Å². The summed E-state index contributed by atoms with van der Waals surface area (Å²) in [6, 6.07) is 6.90. The molecule has 0 spiro atoms. The summed E-state index contributed by atoms with van der Waals surface area (Å²) in [6.45, 7) is 3.76. The fourth-order valence-electron chi connectivity index (χ4n) is 2.12. The number of carbonyl (C=O) groups excluding carboxylic acids is 2.